The maximum absolute atomic E-state index is 12.8. The largest absolute Gasteiger partial charge is 0.496 e. The van der Waals surface area contributed by atoms with Crippen LogP contribution < -0.4 is 10.1 Å². The van der Waals surface area contributed by atoms with E-state index in [2.05, 4.69) is 15.5 Å². The molecule has 0 saturated carbocycles. The third kappa shape index (κ3) is 5.23. The molecular weight excluding hydrogens is 484 g/mol. The van der Waals surface area contributed by atoms with E-state index in [1.165, 1.54) is 30.2 Å². The molecule has 0 aliphatic rings. The zero-order valence-electron chi connectivity index (χ0n) is 19.5. The van der Waals surface area contributed by atoms with Gasteiger partial charge in [-0.05, 0) is 24.6 Å². The molecule has 0 unspecified atom stereocenters. The van der Waals surface area contributed by atoms with Crippen molar-refractivity contribution < 1.29 is 19.1 Å². The van der Waals surface area contributed by atoms with Gasteiger partial charge in [-0.25, -0.2) is 4.79 Å². The van der Waals surface area contributed by atoms with E-state index >= 15 is 0 Å². The number of ether oxygens (including phenoxy) is 2. The number of benzene rings is 2. The van der Waals surface area contributed by atoms with Crippen molar-refractivity contribution in [2.45, 2.75) is 18.6 Å². The van der Waals surface area contributed by atoms with Gasteiger partial charge in [-0.2, -0.15) is 0 Å². The topological polar surface area (TPSA) is 95.3 Å². The maximum Gasteiger partial charge on any atom is 0.341 e. The van der Waals surface area contributed by atoms with Gasteiger partial charge >= 0.3 is 5.97 Å². The van der Waals surface area contributed by atoms with Crippen molar-refractivity contribution in [2.75, 3.05) is 25.3 Å². The summed E-state index contributed by atoms with van der Waals surface area (Å²) in [7, 11) is 2.94. The summed E-state index contributed by atoms with van der Waals surface area (Å²) in [4.78, 5) is 25.3. The Morgan fingerprint density at radius 2 is 1.77 bits per heavy atom. The number of methoxy groups -OCH3 is 2. The molecule has 0 aliphatic heterocycles. The Balaban J connectivity index is 1.51. The van der Waals surface area contributed by atoms with Crippen molar-refractivity contribution in [1.29, 1.82) is 0 Å². The molecule has 35 heavy (non-hydrogen) atoms. The summed E-state index contributed by atoms with van der Waals surface area (Å²) in [6.07, 6.45) is 0. The van der Waals surface area contributed by atoms with Gasteiger partial charge in [0.15, 0.2) is 11.0 Å². The highest BCUT2D eigenvalue weighted by Crippen LogP contribution is 2.36. The predicted octanol–water partition coefficient (Wildman–Crippen LogP) is 5.22. The predicted molar refractivity (Wildman–Crippen MR) is 138 cm³/mol. The van der Waals surface area contributed by atoms with E-state index in [9.17, 15) is 9.59 Å². The SMILES string of the molecule is CCn1c(SCC(=O)Nc2scc(-c3ccccc3)c2C(=O)OC)nnc1-c1ccccc1OC. The third-order valence-corrected chi connectivity index (χ3v) is 7.09. The van der Waals surface area contributed by atoms with Gasteiger partial charge in [-0.3, -0.25) is 4.79 Å². The molecular formula is C25H24N4O4S2. The van der Waals surface area contributed by atoms with Crippen LogP contribution >= 0.6 is 23.1 Å². The summed E-state index contributed by atoms with van der Waals surface area (Å²) >= 11 is 2.56. The summed E-state index contributed by atoms with van der Waals surface area (Å²) in [5.74, 6) is 0.715. The molecule has 4 rings (SSSR count). The average Bonchev–Trinajstić information content (AvgIpc) is 3.51. The van der Waals surface area contributed by atoms with Crippen LogP contribution in [0.1, 0.15) is 17.3 Å². The number of carbonyl (C=O) groups excluding carboxylic acids is 2. The molecule has 180 valence electrons. The van der Waals surface area contributed by atoms with Crippen LogP contribution in [-0.2, 0) is 16.1 Å². The molecule has 0 fully saturated rings. The van der Waals surface area contributed by atoms with E-state index in [4.69, 9.17) is 9.47 Å². The lowest BCUT2D eigenvalue weighted by atomic mass is 10.0. The number of thioether (sulfide) groups is 1. The van der Waals surface area contributed by atoms with E-state index in [0.717, 1.165) is 16.7 Å². The fourth-order valence-electron chi connectivity index (χ4n) is 3.59. The second-order valence-electron chi connectivity index (χ2n) is 7.30. The Bertz CT molecular complexity index is 1330. The van der Waals surface area contributed by atoms with Crippen LogP contribution in [0.3, 0.4) is 0 Å². The quantitative estimate of drug-likeness (QED) is 0.245. The lowest BCUT2D eigenvalue weighted by molar-refractivity contribution is -0.113. The number of nitrogens with zero attached hydrogens (tertiary/aromatic N) is 3. The first-order valence-electron chi connectivity index (χ1n) is 10.8. The normalized spacial score (nSPS) is 10.7. The molecule has 8 nitrogen and oxygen atoms in total. The van der Waals surface area contributed by atoms with E-state index < -0.39 is 5.97 Å². The number of esters is 1. The number of hydrogen-bond donors (Lipinski definition) is 1. The number of carbonyl (C=O) groups is 2. The van der Waals surface area contributed by atoms with Crippen molar-refractivity contribution in [1.82, 2.24) is 14.8 Å². The molecule has 0 bridgehead atoms. The molecule has 1 amide bonds. The van der Waals surface area contributed by atoms with Crippen molar-refractivity contribution in [2.24, 2.45) is 0 Å². The number of thiophene rings is 1. The highest BCUT2D eigenvalue weighted by atomic mass is 32.2. The van der Waals surface area contributed by atoms with Gasteiger partial charge in [0.2, 0.25) is 5.91 Å². The molecule has 0 radical (unpaired) electrons. The minimum absolute atomic E-state index is 0.100. The van der Waals surface area contributed by atoms with Crippen LogP contribution in [0.2, 0.25) is 0 Å². The number of para-hydroxylation sites is 1. The Morgan fingerprint density at radius 3 is 2.49 bits per heavy atom. The van der Waals surface area contributed by atoms with Crippen molar-refractivity contribution >= 4 is 40.0 Å². The van der Waals surface area contributed by atoms with Crippen LogP contribution in [0.15, 0.2) is 65.1 Å². The first kappa shape index (κ1) is 24.5. The van der Waals surface area contributed by atoms with E-state index in [-0.39, 0.29) is 11.7 Å². The molecule has 0 atom stereocenters. The number of rotatable bonds is 9. The van der Waals surface area contributed by atoms with Gasteiger partial charge in [0, 0.05) is 17.5 Å². The molecule has 2 aromatic carbocycles. The number of nitrogens with one attached hydrogen (secondary N) is 1. The fraction of sp³-hybridized carbons (Fsp3) is 0.200. The van der Waals surface area contributed by atoms with Gasteiger partial charge in [0.25, 0.3) is 0 Å². The first-order valence-corrected chi connectivity index (χ1v) is 12.7. The first-order chi connectivity index (χ1) is 17.1. The number of anilines is 1. The highest BCUT2D eigenvalue weighted by Gasteiger charge is 2.23. The molecule has 4 aromatic rings. The lowest BCUT2D eigenvalue weighted by Crippen LogP contribution is -2.16. The molecule has 0 aliphatic carbocycles. The van der Waals surface area contributed by atoms with Gasteiger partial charge in [-0.1, -0.05) is 54.2 Å². The van der Waals surface area contributed by atoms with E-state index in [0.29, 0.717) is 33.8 Å². The van der Waals surface area contributed by atoms with E-state index in [1.807, 2.05) is 71.5 Å². The van der Waals surface area contributed by atoms with Gasteiger partial charge in [0.1, 0.15) is 16.3 Å². The smallest absolute Gasteiger partial charge is 0.341 e. The molecule has 1 N–H and O–H groups in total. The Kier molecular flexibility index (Phi) is 7.84. The van der Waals surface area contributed by atoms with Crippen molar-refractivity contribution in [3.63, 3.8) is 0 Å². The summed E-state index contributed by atoms with van der Waals surface area (Å²) in [6.45, 7) is 2.62. The van der Waals surface area contributed by atoms with Gasteiger partial charge in [0.05, 0.1) is 25.5 Å². The Labute approximate surface area is 211 Å². The van der Waals surface area contributed by atoms with Gasteiger partial charge < -0.3 is 19.4 Å². The fourth-order valence-corrected chi connectivity index (χ4v) is 5.36. The maximum atomic E-state index is 12.8. The monoisotopic (exact) mass is 508 g/mol. The zero-order valence-corrected chi connectivity index (χ0v) is 21.1. The Hall–Kier alpha value is -3.63. The standard InChI is InChI=1S/C25H24N4O4S2/c1-4-29-22(17-12-8-9-13-19(17)32-2)27-28-25(29)35-15-20(30)26-23-21(24(31)33-3)18(14-34-23)16-10-6-5-7-11-16/h5-14H,4,15H2,1-3H3,(H,26,30). The molecule has 2 heterocycles. The molecule has 0 saturated heterocycles. The lowest BCUT2D eigenvalue weighted by Gasteiger charge is -2.10. The van der Waals surface area contributed by atoms with E-state index in [1.54, 1.807) is 7.11 Å². The minimum Gasteiger partial charge on any atom is -0.496 e. The van der Waals surface area contributed by atoms with Gasteiger partial charge in [-0.15, -0.1) is 21.5 Å². The van der Waals surface area contributed by atoms with Crippen LogP contribution in [-0.4, -0.2) is 46.6 Å². The number of hydrogen-bond acceptors (Lipinski definition) is 8. The summed E-state index contributed by atoms with van der Waals surface area (Å²) < 4.78 is 12.4. The summed E-state index contributed by atoms with van der Waals surface area (Å²) in [6, 6.07) is 17.1. The third-order valence-electron chi connectivity index (χ3n) is 5.23. The second kappa shape index (κ2) is 11.2. The molecule has 2 aromatic heterocycles. The molecule has 10 heteroatoms. The average molecular weight is 509 g/mol. The summed E-state index contributed by atoms with van der Waals surface area (Å²) in [5, 5.41) is 14.4. The van der Waals surface area contributed by atoms with Crippen molar-refractivity contribution in [3.05, 3.63) is 65.5 Å². The van der Waals surface area contributed by atoms with Crippen LogP contribution in [0, 0.1) is 0 Å². The minimum atomic E-state index is -0.500. The van der Waals surface area contributed by atoms with Crippen LogP contribution in [0.5, 0.6) is 5.75 Å². The Morgan fingerprint density at radius 1 is 1.03 bits per heavy atom. The summed E-state index contributed by atoms with van der Waals surface area (Å²) in [5.41, 5.74) is 2.77. The second-order valence-corrected chi connectivity index (χ2v) is 9.12. The van der Waals surface area contributed by atoms with Crippen LogP contribution in [0.4, 0.5) is 5.00 Å². The zero-order chi connectivity index (χ0) is 24.8. The number of aromatic nitrogens is 3. The number of amides is 1. The van der Waals surface area contributed by atoms with Crippen molar-refractivity contribution in [3.8, 4) is 28.3 Å². The molecule has 0 spiro atoms. The van der Waals surface area contributed by atoms with Crippen LogP contribution in [0.25, 0.3) is 22.5 Å². The highest BCUT2D eigenvalue weighted by molar-refractivity contribution is 7.99.